The Morgan fingerprint density at radius 2 is 1.54 bits per heavy atom. The van der Waals surface area contributed by atoms with Crippen LogP contribution in [0.5, 0.6) is 0 Å². The highest BCUT2D eigenvalue weighted by Gasteiger charge is 2.40. The molecule has 0 radical (unpaired) electrons. The van der Waals surface area contributed by atoms with Crippen LogP contribution >= 0.6 is 0 Å². The molecule has 0 aliphatic carbocycles. The second kappa shape index (κ2) is 10.2. The Labute approximate surface area is 157 Å². The molecule has 1 saturated heterocycles. The zero-order chi connectivity index (χ0) is 18.8. The number of nitrogens with zero attached hydrogens (tertiary/aromatic N) is 1. The van der Waals surface area contributed by atoms with Crippen LogP contribution in [0, 0.1) is 0 Å². The van der Waals surface area contributed by atoms with Crippen LogP contribution in [0.15, 0.2) is 60.7 Å². The van der Waals surface area contributed by atoms with Crippen molar-refractivity contribution in [1.29, 1.82) is 0 Å². The van der Waals surface area contributed by atoms with Crippen LogP contribution in [0.1, 0.15) is 29.3 Å². The van der Waals surface area contributed by atoms with Crippen LogP contribution in [-0.4, -0.2) is 51.1 Å². The Morgan fingerprint density at radius 1 is 1.00 bits per heavy atom. The van der Waals surface area contributed by atoms with Gasteiger partial charge < -0.3 is 10.1 Å². The van der Waals surface area contributed by atoms with Crippen molar-refractivity contribution in [2.45, 2.75) is 18.9 Å². The Bertz CT molecular complexity index is 643. The van der Waals surface area contributed by atoms with Gasteiger partial charge in [0.1, 0.15) is 5.54 Å². The molecule has 0 aromatic heterocycles. The summed E-state index contributed by atoms with van der Waals surface area (Å²) in [5.74, 6) is 0.150. The number of hydrogen-bond acceptors (Lipinski definition) is 4. The second-order valence-electron chi connectivity index (χ2n) is 6.53. The maximum Gasteiger partial charge on any atom is 0.187 e. The monoisotopic (exact) mass is 354 g/mol. The third-order valence-corrected chi connectivity index (χ3v) is 4.78. The molecule has 1 aliphatic heterocycles. The predicted octanol–water partition coefficient (Wildman–Crippen LogP) is 3.34. The van der Waals surface area contributed by atoms with E-state index in [9.17, 15) is 4.79 Å². The average molecular weight is 354 g/mol. The Kier molecular flexibility index (Phi) is 7.98. The number of rotatable bonds is 5. The first kappa shape index (κ1) is 20.3. The Balaban J connectivity index is 0.000000342. The summed E-state index contributed by atoms with van der Waals surface area (Å²) in [6.07, 6.45) is 0.734. The smallest absolute Gasteiger partial charge is 0.187 e. The SMILES string of the molecule is C1COCCN1.CCC(C(=O)c1ccccc1)(c1ccccc1)N(C)C. The first-order chi connectivity index (χ1) is 12.6. The summed E-state index contributed by atoms with van der Waals surface area (Å²) < 4.78 is 5.01. The molecule has 26 heavy (non-hydrogen) atoms. The quantitative estimate of drug-likeness (QED) is 0.836. The molecule has 1 atom stereocenters. The molecule has 1 heterocycles. The number of ketones is 1. The highest BCUT2D eigenvalue weighted by molar-refractivity contribution is 6.03. The van der Waals surface area contributed by atoms with E-state index in [0.29, 0.717) is 0 Å². The fourth-order valence-electron chi connectivity index (χ4n) is 3.33. The number of morpholine rings is 1. The van der Waals surface area contributed by atoms with Crippen LogP contribution in [0.2, 0.25) is 0 Å². The van der Waals surface area contributed by atoms with Crippen molar-refractivity contribution < 1.29 is 9.53 Å². The lowest BCUT2D eigenvalue weighted by molar-refractivity contribution is 0.0660. The van der Waals surface area contributed by atoms with E-state index in [1.807, 2.05) is 79.7 Å². The van der Waals surface area contributed by atoms with E-state index in [2.05, 4.69) is 12.2 Å². The highest BCUT2D eigenvalue weighted by Crippen LogP contribution is 2.33. The molecule has 2 aromatic carbocycles. The summed E-state index contributed by atoms with van der Waals surface area (Å²) in [7, 11) is 3.94. The standard InChI is InChI=1S/C18H21NO.C4H9NO/c1-4-18(19(2)3,16-13-9-6-10-14-16)17(20)15-11-7-5-8-12-15;1-3-6-4-2-5-1/h5-14H,4H2,1-3H3;5H,1-4H2. The first-order valence-electron chi connectivity index (χ1n) is 9.24. The van der Waals surface area contributed by atoms with Gasteiger partial charge in [-0.3, -0.25) is 9.69 Å². The number of carbonyl (C=O) groups is 1. The van der Waals surface area contributed by atoms with Crippen LogP contribution in [-0.2, 0) is 10.3 Å². The van der Waals surface area contributed by atoms with Gasteiger partial charge in [-0.15, -0.1) is 0 Å². The summed E-state index contributed by atoms with van der Waals surface area (Å²) in [5, 5.41) is 3.16. The molecule has 0 saturated carbocycles. The van der Waals surface area contributed by atoms with Crippen molar-refractivity contribution in [3.8, 4) is 0 Å². The van der Waals surface area contributed by atoms with E-state index < -0.39 is 5.54 Å². The molecule has 0 amide bonds. The highest BCUT2D eigenvalue weighted by atomic mass is 16.5. The van der Waals surface area contributed by atoms with E-state index in [-0.39, 0.29) is 5.78 Å². The number of likely N-dealkylation sites (N-methyl/N-ethyl adjacent to an activating group) is 1. The second-order valence-corrected chi connectivity index (χ2v) is 6.53. The van der Waals surface area contributed by atoms with Crippen molar-refractivity contribution in [3.05, 3.63) is 71.8 Å². The fourth-order valence-corrected chi connectivity index (χ4v) is 3.33. The van der Waals surface area contributed by atoms with Gasteiger partial charge in [0.15, 0.2) is 5.78 Å². The molecule has 4 nitrogen and oxygen atoms in total. The van der Waals surface area contributed by atoms with Crippen LogP contribution in [0.3, 0.4) is 0 Å². The predicted molar refractivity (Wildman–Crippen MR) is 107 cm³/mol. The largest absolute Gasteiger partial charge is 0.379 e. The van der Waals surface area contributed by atoms with E-state index in [0.717, 1.165) is 43.9 Å². The molecule has 1 unspecified atom stereocenters. The van der Waals surface area contributed by atoms with Gasteiger partial charge in [-0.05, 0) is 26.1 Å². The molecule has 0 spiro atoms. The van der Waals surface area contributed by atoms with Crippen LogP contribution < -0.4 is 5.32 Å². The third kappa shape index (κ3) is 4.79. The van der Waals surface area contributed by atoms with E-state index in [4.69, 9.17) is 4.74 Å². The molecular formula is C22H30N2O2. The number of hydrogen-bond donors (Lipinski definition) is 1. The number of nitrogens with one attached hydrogen (secondary N) is 1. The van der Waals surface area contributed by atoms with Gasteiger partial charge in [0, 0.05) is 18.7 Å². The topological polar surface area (TPSA) is 41.6 Å². The van der Waals surface area contributed by atoms with Gasteiger partial charge in [0.2, 0.25) is 0 Å². The van der Waals surface area contributed by atoms with Crippen LogP contribution in [0.25, 0.3) is 0 Å². The van der Waals surface area contributed by atoms with Gasteiger partial charge in [-0.2, -0.15) is 0 Å². The molecule has 1 fully saturated rings. The van der Waals surface area contributed by atoms with Gasteiger partial charge in [0.05, 0.1) is 13.2 Å². The summed E-state index contributed by atoms with van der Waals surface area (Å²) in [5.41, 5.74) is 1.19. The lowest BCUT2D eigenvalue weighted by Crippen LogP contribution is -2.48. The van der Waals surface area contributed by atoms with Crippen molar-refractivity contribution in [1.82, 2.24) is 10.2 Å². The van der Waals surface area contributed by atoms with Crippen molar-refractivity contribution in [2.75, 3.05) is 40.4 Å². The zero-order valence-electron chi connectivity index (χ0n) is 16.1. The van der Waals surface area contributed by atoms with Gasteiger partial charge in [-0.25, -0.2) is 0 Å². The zero-order valence-corrected chi connectivity index (χ0v) is 16.1. The maximum atomic E-state index is 13.1. The molecule has 2 aromatic rings. The lowest BCUT2D eigenvalue weighted by atomic mass is 9.79. The minimum Gasteiger partial charge on any atom is -0.379 e. The lowest BCUT2D eigenvalue weighted by Gasteiger charge is -2.38. The minimum absolute atomic E-state index is 0.150. The molecular weight excluding hydrogens is 324 g/mol. The normalized spacial score (nSPS) is 16.3. The maximum absolute atomic E-state index is 13.1. The molecule has 3 rings (SSSR count). The molecule has 1 aliphatic rings. The summed E-state index contributed by atoms with van der Waals surface area (Å²) in [6, 6.07) is 19.5. The number of Topliss-reactive ketones (excluding diaryl/α,β-unsaturated/α-hetero) is 1. The van der Waals surface area contributed by atoms with Crippen molar-refractivity contribution in [3.63, 3.8) is 0 Å². The number of ether oxygens (including phenoxy) is 1. The Morgan fingerprint density at radius 3 is 1.92 bits per heavy atom. The van der Waals surface area contributed by atoms with E-state index in [1.165, 1.54) is 0 Å². The number of benzene rings is 2. The average Bonchev–Trinajstić information content (AvgIpc) is 2.72. The van der Waals surface area contributed by atoms with Crippen molar-refractivity contribution in [2.24, 2.45) is 0 Å². The van der Waals surface area contributed by atoms with E-state index >= 15 is 0 Å². The first-order valence-corrected chi connectivity index (χ1v) is 9.24. The molecule has 0 bridgehead atoms. The summed E-state index contributed by atoms with van der Waals surface area (Å²) >= 11 is 0. The van der Waals surface area contributed by atoms with Crippen LogP contribution in [0.4, 0.5) is 0 Å². The molecule has 4 heteroatoms. The van der Waals surface area contributed by atoms with Gasteiger partial charge >= 0.3 is 0 Å². The van der Waals surface area contributed by atoms with Gasteiger partial charge in [-0.1, -0.05) is 67.6 Å². The number of carbonyl (C=O) groups excluding carboxylic acids is 1. The summed E-state index contributed by atoms with van der Waals surface area (Å²) in [4.78, 5) is 15.1. The third-order valence-electron chi connectivity index (χ3n) is 4.78. The Hall–Kier alpha value is -2.01. The fraction of sp³-hybridized carbons (Fsp3) is 0.409. The van der Waals surface area contributed by atoms with Gasteiger partial charge in [0.25, 0.3) is 0 Å². The molecule has 140 valence electrons. The van der Waals surface area contributed by atoms with Crippen molar-refractivity contribution >= 4 is 5.78 Å². The summed E-state index contributed by atoms with van der Waals surface area (Å²) in [6.45, 7) is 5.90. The van der Waals surface area contributed by atoms with E-state index in [1.54, 1.807) is 0 Å². The minimum atomic E-state index is -0.609. The molecule has 1 N–H and O–H groups in total.